The summed E-state index contributed by atoms with van der Waals surface area (Å²) in [5.41, 5.74) is 1.37. The molecule has 0 spiro atoms. The molecule has 0 aliphatic heterocycles. The molecule has 1 aliphatic rings. The normalized spacial score (nSPS) is 14.9. The SMILES string of the molecule is CC1CCc2c(sc(NC(=O)COC(=O)COc3ccc4ccccc4c3)c2C(=O)OC(C)C)C1. The summed E-state index contributed by atoms with van der Waals surface area (Å²) in [6.45, 7) is 4.96. The summed E-state index contributed by atoms with van der Waals surface area (Å²) in [7, 11) is 0. The molecule has 2 aromatic carbocycles. The lowest BCUT2D eigenvalue weighted by molar-refractivity contribution is -0.149. The molecule has 0 saturated carbocycles. The van der Waals surface area contributed by atoms with E-state index in [2.05, 4.69) is 12.2 Å². The van der Waals surface area contributed by atoms with E-state index in [1.54, 1.807) is 19.9 Å². The van der Waals surface area contributed by atoms with Gasteiger partial charge in [-0.15, -0.1) is 11.3 Å². The summed E-state index contributed by atoms with van der Waals surface area (Å²) in [6.07, 6.45) is 2.34. The summed E-state index contributed by atoms with van der Waals surface area (Å²) < 4.78 is 16.0. The van der Waals surface area contributed by atoms with Gasteiger partial charge < -0.3 is 19.5 Å². The van der Waals surface area contributed by atoms with E-state index in [0.29, 0.717) is 22.2 Å². The van der Waals surface area contributed by atoms with Crippen LogP contribution in [-0.4, -0.2) is 37.2 Å². The van der Waals surface area contributed by atoms with Gasteiger partial charge in [0.2, 0.25) is 0 Å². The van der Waals surface area contributed by atoms with Crippen LogP contribution in [0, 0.1) is 5.92 Å². The van der Waals surface area contributed by atoms with Gasteiger partial charge in [-0.3, -0.25) is 4.79 Å². The predicted molar refractivity (Wildman–Crippen MR) is 135 cm³/mol. The lowest BCUT2D eigenvalue weighted by atomic mass is 9.88. The quantitative estimate of drug-likeness (QED) is 0.435. The molecule has 7 nitrogen and oxygen atoms in total. The van der Waals surface area contributed by atoms with E-state index in [4.69, 9.17) is 14.2 Å². The van der Waals surface area contributed by atoms with Gasteiger partial charge >= 0.3 is 11.9 Å². The summed E-state index contributed by atoms with van der Waals surface area (Å²) >= 11 is 1.39. The van der Waals surface area contributed by atoms with Crippen LogP contribution in [0.1, 0.15) is 48.0 Å². The van der Waals surface area contributed by atoms with E-state index < -0.39 is 24.5 Å². The third kappa shape index (κ3) is 6.19. The second kappa shape index (κ2) is 10.9. The van der Waals surface area contributed by atoms with Gasteiger partial charge in [0, 0.05) is 4.88 Å². The smallest absolute Gasteiger partial charge is 0.344 e. The van der Waals surface area contributed by atoms with Crippen LogP contribution in [0.3, 0.4) is 0 Å². The summed E-state index contributed by atoms with van der Waals surface area (Å²) in [5.74, 6) is -0.566. The molecule has 1 aromatic heterocycles. The molecule has 184 valence electrons. The first-order valence-electron chi connectivity index (χ1n) is 11.7. The topological polar surface area (TPSA) is 90.9 Å². The second-order valence-electron chi connectivity index (χ2n) is 9.02. The Morgan fingerprint density at radius 3 is 2.63 bits per heavy atom. The molecule has 0 fully saturated rings. The number of rotatable bonds is 8. The monoisotopic (exact) mass is 495 g/mol. The molecule has 0 saturated heterocycles. The van der Waals surface area contributed by atoms with Crippen molar-refractivity contribution in [2.75, 3.05) is 18.5 Å². The number of nitrogens with one attached hydrogen (secondary N) is 1. The molecule has 0 bridgehead atoms. The minimum absolute atomic E-state index is 0.271. The Hall–Kier alpha value is -3.39. The number of carbonyl (C=O) groups excluding carboxylic acids is 3. The highest BCUT2D eigenvalue weighted by atomic mass is 32.1. The Labute approximate surface area is 208 Å². The molecule has 1 atom stereocenters. The first-order chi connectivity index (χ1) is 16.8. The minimum atomic E-state index is -0.660. The molecule has 1 unspecified atom stereocenters. The van der Waals surface area contributed by atoms with E-state index >= 15 is 0 Å². The number of carbonyl (C=O) groups is 3. The molecule has 35 heavy (non-hydrogen) atoms. The lowest BCUT2D eigenvalue weighted by Gasteiger charge is -2.18. The third-order valence-electron chi connectivity index (χ3n) is 5.75. The Morgan fingerprint density at radius 1 is 1.09 bits per heavy atom. The highest BCUT2D eigenvalue weighted by Gasteiger charge is 2.29. The first kappa shape index (κ1) is 24.7. The number of hydrogen-bond donors (Lipinski definition) is 1. The maximum Gasteiger partial charge on any atom is 0.344 e. The van der Waals surface area contributed by atoms with Gasteiger partial charge in [0.1, 0.15) is 10.8 Å². The highest BCUT2D eigenvalue weighted by Crippen LogP contribution is 2.40. The number of esters is 2. The third-order valence-corrected chi connectivity index (χ3v) is 6.92. The van der Waals surface area contributed by atoms with Crippen LogP contribution >= 0.6 is 11.3 Å². The van der Waals surface area contributed by atoms with Gasteiger partial charge in [-0.25, -0.2) is 9.59 Å². The number of thiophene rings is 1. The van der Waals surface area contributed by atoms with Crippen molar-refractivity contribution in [2.24, 2.45) is 5.92 Å². The fraction of sp³-hybridized carbons (Fsp3) is 0.370. The molecular weight excluding hydrogens is 466 g/mol. The molecule has 1 heterocycles. The maximum absolute atomic E-state index is 12.8. The van der Waals surface area contributed by atoms with E-state index in [1.165, 1.54) is 11.3 Å². The lowest BCUT2D eigenvalue weighted by Crippen LogP contribution is -2.24. The van der Waals surface area contributed by atoms with Crippen molar-refractivity contribution >= 4 is 45.0 Å². The summed E-state index contributed by atoms with van der Waals surface area (Å²) in [6, 6.07) is 13.4. The van der Waals surface area contributed by atoms with Gasteiger partial charge in [-0.1, -0.05) is 37.3 Å². The Balaban J connectivity index is 1.34. The zero-order valence-corrected chi connectivity index (χ0v) is 20.9. The molecule has 0 radical (unpaired) electrons. The number of benzene rings is 2. The number of fused-ring (bicyclic) bond motifs is 2. The molecule has 4 rings (SSSR count). The fourth-order valence-corrected chi connectivity index (χ4v) is 5.49. The Bertz CT molecular complexity index is 1250. The van der Waals surface area contributed by atoms with Crippen molar-refractivity contribution in [3.63, 3.8) is 0 Å². The van der Waals surface area contributed by atoms with Crippen molar-refractivity contribution in [3.8, 4) is 5.75 Å². The standard InChI is InChI=1S/C27H29NO6S/c1-16(2)34-27(31)25-21-11-8-17(3)12-22(21)35-26(25)28-23(29)14-33-24(30)15-32-20-10-9-18-6-4-5-7-19(18)13-20/h4-7,9-10,13,16-17H,8,11-12,14-15H2,1-3H3,(H,28,29). The Kier molecular flexibility index (Phi) is 7.70. The van der Waals surface area contributed by atoms with Crippen LogP contribution in [0.2, 0.25) is 0 Å². The Morgan fingerprint density at radius 2 is 1.86 bits per heavy atom. The van der Waals surface area contributed by atoms with Crippen molar-refractivity contribution in [1.29, 1.82) is 0 Å². The van der Waals surface area contributed by atoms with Crippen LogP contribution in [0.25, 0.3) is 10.8 Å². The van der Waals surface area contributed by atoms with Gasteiger partial charge in [-0.2, -0.15) is 0 Å². The largest absolute Gasteiger partial charge is 0.482 e. The highest BCUT2D eigenvalue weighted by molar-refractivity contribution is 7.17. The van der Waals surface area contributed by atoms with E-state index in [0.717, 1.165) is 40.5 Å². The van der Waals surface area contributed by atoms with Crippen LogP contribution < -0.4 is 10.1 Å². The zero-order valence-electron chi connectivity index (χ0n) is 20.1. The molecule has 8 heteroatoms. The van der Waals surface area contributed by atoms with Crippen LogP contribution in [0.4, 0.5) is 5.00 Å². The van der Waals surface area contributed by atoms with Gasteiger partial charge in [-0.05, 0) is 67.5 Å². The number of amides is 1. The fourth-order valence-electron chi connectivity index (χ4n) is 4.08. The van der Waals surface area contributed by atoms with Crippen LogP contribution in [0.5, 0.6) is 5.75 Å². The first-order valence-corrected chi connectivity index (χ1v) is 12.5. The maximum atomic E-state index is 12.8. The average Bonchev–Trinajstić information content (AvgIpc) is 3.17. The van der Waals surface area contributed by atoms with Crippen molar-refractivity contribution in [1.82, 2.24) is 0 Å². The van der Waals surface area contributed by atoms with Gasteiger partial charge in [0.15, 0.2) is 13.2 Å². The van der Waals surface area contributed by atoms with Crippen LogP contribution in [0.15, 0.2) is 42.5 Å². The van der Waals surface area contributed by atoms with Crippen molar-refractivity contribution < 1.29 is 28.6 Å². The number of anilines is 1. The van der Waals surface area contributed by atoms with Gasteiger partial charge in [0.25, 0.3) is 5.91 Å². The van der Waals surface area contributed by atoms with E-state index in [-0.39, 0.29) is 12.7 Å². The minimum Gasteiger partial charge on any atom is -0.482 e. The number of ether oxygens (including phenoxy) is 3. The molecular formula is C27H29NO6S. The second-order valence-corrected chi connectivity index (χ2v) is 10.1. The summed E-state index contributed by atoms with van der Waals surface area (Å²) in [5, 5.41) is 5.26. The van der Waals surface area contributed by atoms with Gasteiger partial charge in [0.05, 0.1) is 11.7 Å². The van der Waals surface area contributed by atoms with E-state index in [1.807, 2.05) is 36.4 Å². The number of hydrogen-bond acceptors (Lipinski definition) is 7. The molecule has 1 N–H and O–H groups in total. The molecule has 1 amide bonds. The molecule has 1 aliphatic carbocycles. The predicted octanol–water partition coefficient (Wildman–Crippen LogP) is 5.15. The average molecular weight is 496 g/mol. The summed E-state index contributed by atoms with van der Waals surface area (Å²) in [4.78, 5) is 38.5. The zero-order chi connectivity index (χ0) is 24.9. The van der Waals surface area contributed by atoms with Crippen molar-refractivity contribution in [3.05, 3.63) is 58.5 Å². The van der Waals surface area contributed by atoms with Crippen LogP contribution in [-0.2, 0) is 31.9 Å². The molecule has 3 aromatic rings. The van der Waals surface area contributed by atoms with E-state index in [9.17, 15) is 14.4 Å². The van der Waals surface area contributed by atoms with Crippen molar-refractivity contribution in [2.45, 2.75) is 46.1 Å².